The number of hydrogen-bond acceptors (Lipinski definition) is 6. The van der Waals surface area contributed by atoms with Gasteiger partial charge >= 0.3 is 0 Å². The van der Waals surface area contributed by atoms with E-state index in [-0.39, 0.29) is 11.9 Å². The van der Waals surface area contributed by atoms with Crippen molar-refractivity contribution in [1.29, 1.82) is 0 Å². The van der Waals surface area contributed by atoms with E-state index in [1.165, 1.54) is 0 Å². The van der Waals surface area contributed by atoms with Crippen LogP contribution in [0.3, 0.4) is 0 Å². The third kappa shape index (κ3) is 4.59. The lowest BCUT2D eigenvalue weighted by Crippen LogP contribution is -2.48. The number of carbonyl (C=O) groups excluding carboxylic acids is 1. The van der Waals surface area contributed by atoms with Crippen molar-refractivity contribution in [3.63, 3.8) is 0 Å². The van der Waals surface area contributed by atoms with Gasteiger partial charge in [0.05, 0.1) is 19.3 Å². The molecule has 0 aliphatic carbocycles. The molecule has 4 rings (SSSR count). The van der Waals surface area contributed by atoms with Crippen molar-refractivity contribution < 1.29 is 14.3 Å². The van der Waals surface area contributed by atoms with Crippen molar-refractivity contribution in [1.82, 2.24) is 15.2 Å². The largest absolute Gasteiger partial charge is 0.490 e. The predicted octanol–water partition coefficient (Wildman–Crippen LogP) is 2.90. The minimum atomic E-state index is 0.0537. The SMILES string of the molecule is O=C(CCSc1ccc2c(c1)OCCCO2)N1CCNCC1c1cccnc1. The van der Waals surface area contributed by atoms with E-state index in [9.17, 15) is 4.79 Å². The second-order valence-corrected chi connectivity index (χ2v) is 8.02. The standard InChI is InChI=1S/C21H25N3O3S/c25-21(24-9-8-23-15-18(24)16-3-1-7-22-14-16)6-12-28-17-4-5-19-20(13-17)27-11-2-10-26-19/h1,3-5,7,13-14,18,23H,2,6,8-12,15H2. The molecule has 1 aromatic carbocycles. The van der Waals surface area contributed by atoms with Gasteiger partial charge in [0, 0.05) is 55.5 Å². The Morgan fingerprint density at radius 2 is 2.14 bits per heavy atom. The summed E-state index contributed by atoms with van der Waals surface area (Å²) in [5.74, 6) is 2.53. The van der Waals surface area contributed by atoms with Gasteiger partial charge in [-0.2, -0.15) is 0 Å². The lowest BCUT2D eigenvalue weighted by Gasteiger charge is -2.36. The van der Waals surface area contributed by atoms with Crippen LogP contribution >= 0.6 is 11.8 Å². The first-order valence-corrected chi connectivity index (χ1v) is 10.7. The molecule has 1 aromatic heterocycles. The molecule has 2 aliphatic rings. The van der Waals surface area contributed by atoms with Crippen molar-refractivity contribution in [2.75, 3.05) is 38.6 Å². The highest BCUT2D eigenvalue weighted by atomic mass is 32.2. The van der Waals surface area contributed by atoms with Gasteiger partial charge in [-0.15, -0.1) is 11.8 Å². The number of amides is 1. The fourth-order valence-electron chi connectivity index (χ4n) is 3.51. The van der Waals surface area contributed by atoms with Crippen LogP contribution < -0.4 is 14.8 Å². The predicted molar refractivity (Wildman–Crippen MR) is 109 cm³/mol. The second-order valence-electron chi connectivity index (χ2n) is 6.85. The zero-order chi connectivity index (χ0) is 19.2. The summed E-state index contributed by atoms with van der Waals surface area (Å²) < 4.78 is 11.4. The Morgan fingerprint density at radius 3 is 3.00 bits per heavy atom. The molecule has 2 aromatic rings. The molecule has 0 radical (unpaired) electrons. The van der Waals surface area contributed by atoms with Crippen LogP contribution in [-0.4, -0.2) is 54.4 Å². The number of benzene rings is 1. The van der Waals surface area contributed by atoms with Gasteiger partial charge in [-0.25, -0.2) is 0 Å². The topological polar surface area (TPSA) is 63.7 Å². The Morgan fingerprint density at radius 1 is 1.25 bits per heavy atom. The van der Waals surface area contributed by atoms with Crippen LogP contribution in [0.2, 0.25) is 0 Å². The van der Waals surface area contributed by atoms with Crippen LogP contribution in [0.5, 0.6) is 11.5 Å². The number of nitrogens with zero attached hydrogens (tertiary/aromatic N) is 2. The van der Waals surface area contributed by atoms with Gasteiger partial charge < -0.3 is 19.7 Å². The van der Waals surface area contributed by atoms with E-state index in [0.717, 1.165) is 53.8 Å². The first kappa shape index (κ1) is 19.1. The summed E-state index contributed by atoms with van der Waals surface area (Å²) in [5.41, 5.74) is 1.08. The summed E-state index contributed by atoms with van der Waals surface area (Å²) in [6.07, 6.45) is 5.02. The average molecular weight is 400 g/mol. The summed E-state index contributed by atoms with van der Waals surface area (Å²) in [7, 11) is 0. The van der Waals surface area contributed by atoms with E-state index < -0.39 is 0 Å². The van der Waals surface area contributed by atoms with E-state index in [2.05, 4.69) is 10.3 Å². The molecule has 1 N–H and O–H groups in total. The zero-order valence-corrected chi connectivity index (χ0v) is 16.6. The van der Waals surface area contributed by atoms with Crippen molar-refractivity contribution in [3.8, 4) is 11.5 Å². The first-order valence-electron chi connectivity index (χ1n) is 9.74. The Kier molecular flexibility index (Phi) is 6.34. The van der Waals surface area contributed by atoms with Gasteiger partial charge in [0.15, 0.2) is 11.5 Å². The highest BCUT2D eigenvalue weighted by Crippen LogP contribution is 2.34. The fourth-order valence-corrected chi connectivity index (χ4v) is 4.37. The van der Waals surface area contributed by atoms with Crippen molar-refractivity contribution >= 4 is 17.7 Å². The number of nitrogens with one attached hydrogen (secondary N) is 1. The maximum absolute atomic E-state index is 12.9. The monoisotopic (exact) mass is 399 g/mol. The van der Waals surface area contributed by atoms with Gasteiger partial charge in [0.25, 0.3) is 0 Å². The van der Waals surface area contributed by atoms with Crippen LogP contribution in [0, 0.1) is 0 Å². The molecular weight excluding hydrogens is 374 g/mol. The molecule has 28 heavy (non-hydrogen) atoms. The maximum Gasteiger partial charge on any atom is 0.224 e. The summed E-state index contributed by atoms with van der Waals surface area (Å²) in [6, 6.07) is 10.0. The van der Waals surface area contributed by atoms with Crippen molar-refractivity contribution in [2.45, 2.75) is 23.8 Å². The third-order valence-corrected chi connectivity index (χ3v) is 5.93. The molecule has 7 heteroatoms. The van der Waals surface area contributed by atoms with Crippen molar-refractivity contribution in [2.24, 2.45) is 0 Å². The molecule has 0 saturated carbocycles. The van der Waals surface area contributed by atoms with E-state index >= 15 is 0 Å². The minimum absolute atomic E-state index is 0.0537. The zero-order valence-electron chi connectivity index (χ0n) is 15.8. The molecule has 1 amide bonds. The number of fused-ring (bicyclic) bond motifs is 1. The summed E-state index contributed by atoms with van der Waals surface area (Å²) in [6.45, 7) is 3.70. The van der Waals surface area contributed by atoms with Gasteiger partial charge in [0.1, 0.15) is 0 Å². The average Bonchev–Trinajstić information content (AvgIpc) is 2.99. The van der Waals surface area contributed by atoms with Crippen molar-refractivity contribution in [3.05, 3.63) is 48.3 Å². The molecule has 0 bridgehead atoms. The number of hydrogen-bond donors (Lipinski definition) is 1. The van der Waals surface area contributed by atoms with E-state index in [4.69, 9.17) is 9.47 Å². The van der Waals surface area contributed by atoms with Crippen LogP contribution in [-0.2, 0) is 4.79 Å². The number of aromatic nitrogens is 1. The number of carbonyl (C=O) groups is 1. The van der Waals surface area contributed by atoms with Crippen LogP contribution in [0.4, 0.5) is 0 Å². The highest BCUT2D eigenvalue weighted by Gasteiger charge is 2.27. The molecule has 1 unspecified atom stereocenters. The molecular formula is C21H25N3O3S. The number of piperazine rings is 1. The summed E-state index contributed by atoms with van der Waals surface area (Å²) in [5, 5.41) is 3.38. The normalized spacial score (nSPS) is 19.1. The lowest BCUT2D eigenvalue weighted by atomic mass is 10.1. The van der Waals surface area contributed by atoms with E-state index in [1.807, 2.05) is 41.4 Å². The fraction of sp³-hybridized carbons (Fsp3) is 0.429. The molecule has 3 heterocycles. The highest BCUT2D eigenvalue weighted by molar-refractivity contribution is 7.99. The quantitative estimate of drug-likeness (QED) is 0.780. The second kappa shape index (κ2) is 9.30. The van der Waals surface area contributed by atoms with Gasteiger partial charge in [-0.3, -0.25) is 9.78 Å². The van der Waals surface area contributed by atoms with Crippen LogP contribution in [0.25, 0.3) is 0 Å². The smallest absolute Gasteiger partial charge is 0.224 e. The molecule has 6 nitrogen and oxygen atoms in total. The first-order chi connectivity index (χ1) is 13.8. The number of ether oxygens (including phenoxy) is 2. The van der Waals surface area contributed by atoms with E-state index in [0.29, 0.717) is 19.6 Å². The van der Waals surface area contributed by atoms with E-state index in [1.54, 1.807) is 18.0 Å². The third-order valence-electron chi connectivity index (χ3n) is 4.94. The Hall–Kier alpha value is -2.25. The minimum Gasteiger partial charge on any atom is -0.490 e. The van der Waals surface area contributed by atoms with Crippen LogP contribution in [0.1, 0.15) is 24.4 Å². The Bertz CT molecular complexity index is 803. The Balaban J connectivity index is 1.34. The van der Waals surface area contributed by atoms with Gasteiger partial charge in [-0.05, 0) is 29.8 Å². The number of pyridine rings is 1. The lowest BCUT2D eigenvalue weighted by molar-refractivity contribution is -0.134. The van der Waals surface area contributed by atoms with Crippen LogP contribution in [0.15, 0.2) is 47.6 Å². The van der Waals surface area contributed by atoms with Gasteiger partial charge in [-0.1, -0.05) is 6.07 Å². The molecule has 1 atom stereocenters. The Labute approximate surface area is 169 Å². The number of thioether (sulfide) groups is 1. The maximum atomic E-state index is 12.9. The summed E-state index contributed by atoms with van der Waals surface area (Å²) >= 11 is 1.68. The molecule has 1 fully saturated rings. The number of rotatable bonds is 5. The molecule has 1 saturated heterocycles. The van der Waals surface area contributed by atoms with Gasteiger partial charge in [0.2, 0.25) is 5.91 Å². The molecule has 148 valence electrons. The summed E-state index contributed by atoms with van der Waals surface area (Å²) in [4.78, 5) is 20.2. The molecule has 2 aliphatic heterocycles. The molecule has 0 spiro atoms.